The Hall–Kier alpha value is 0.313. The summed E-state index contributed by atoms with van der Waals surface area (Å²) in [6.45, 7) is 0.972. The number of carboxylic acids is 1. The first-order chi connectivity index (χ1) is 1.73. The third-order valence-corrected chi connectivity index (χ3v) is 0. The predicted octanol–water partition coefficient (Wildman–Crippen LogP) is -1.80. The van der Waals surface area contributed by atoms with Gasteiger partial charge in [0.05, 0.1) is 0 Å². The molecule has 0 aromatic rings. The number of rotatable bonds is 0. The van der Waals surface area contributed by atoms with Crippen molar-refractivity contribution in [2.24, 2.45) is 0 Å². The first-order valence-corrected chi connectivity index (χ1v) is 0.908. The Morgan fingerprint density at radius 1 is 1.67 bits per heavy atom. The van der Waals surface area contributed by atoms with Gasteiger partial charge in [0.2, 0.25) is 0 Å². The van der Waals surface area contributed by atoms with Gasteiger partial charge < -0.3 is 15.4 Å². The van der Waals surface area contributed by atoms with Crippen LogP contribution in [0.2, 0.25) is 0 Å². The van der Waals surface area contributed by atoms with E-state index in [0.717, 1.165) is 6.92 Å². The molecule has 0 saturated heterocycles. The second-order valence-electron chi connectivity index (χ2n) is 0.492. The summed E-state index contributed by atoms with van der Waals surface area (Å²) in [5, 5.41) is 8.89. The molecule has 0 aliphatic rings. The van der Waals surface area contributed by atoms with Gasteiger partial charge >= 0.3 is 26.2 Å². The number of hydrogen-bond acceptors (Lipinski definition) is 3. The molecule has 0 aliphatic carbocycles. The maximum atomic E-state index is 8.89. The van der Waals surface area contributed by atoms with Gasteiger partial charge in [-0.05, 0) is 6.92 Å². The van der Waals surface area contributed by atoms with Crippen LogP contribution in [0.5, 0.6) is 0 Å². The molecule has 0 amide bonds. The summed E-state index contributed by atoms with van der Waals surface area (Å²) < 4.78 is 0. The Labute approximate surface area is 54.8 Å². The molecule has 35 valence electrons. The van der Waals surface area contributed by atoms with Gasteiger partial charge in [-0.25, -0.2) is 0 Å². The second-order valence-corrected chi connectivity index (χ2v) is 0.492. The van der Waals surface area contributed by atoms with Crippen molar-refractivity contribution in [1.29, 1.82) is 0 Å². The van der Waals surface area contributed by atoms with Gasteiger partial charge in [-0.3, -0.25) is 0 Å². The third-order valence-electron chi connectivity index (χ3n) is 0. The molecule has 6 heavy (non-hydrogen) atoms. The molecule has 0 rings (SSSR count). The van der Waals surface area contributed by atoms with Crippen LogP contribution in [0.3, 0.4) is 0 Å². The van der Waals surface area contributed by atoms with E-state index in [1.165, 1.54) is 0 Å². The van der Waals surface area contributed by atoms with Crippen molar-refractivity contribution in [1.82, 2.24) is 0 Å². The fourth-order valence-corrected chi connectivity index (χ4v) is 0. The smallest absolute Gasteiger partial charge is 0.870 e. The number of carboxylic acid groups (broad SMARTS) is 1. The van der Waals surface area contributed by atoms with E-state index in [4.69, 9.17) is 9.90 Å². The van der Waals surface area contributed by atoms with E-state index in [0.29, 0.717) is 0 Å². The number of aliphatic carboxylic acids is 1. The molecule has 3 nitrogen and oxygen atoms in total. The SMILES string of the molecule is CC(=O)[O-].[Bi+2].[OH-]. The molecule has 0 aliphatic heterocycles. The average Bonchev–Trinajstić information content (AvgIpc) is 0.811. The summed E-state index contributed by atoms with van der Waals surface area (Å²) in [5.74, 6) is -1.08. The molecule has 1 N–H and O–H groups in total. The van der Waals surface area contributed by atoms with Crippen molar-refractivity contribution in [3.63, 3.8) is 0 Å². The van der Waals surface area contributed by atoms with Crippen LogP contribution in [0.4, 0.5) is 0 Å². The molecule has 3 radical (unpaired) electrons. The van der Waals surface area contributed by atoms with Crippen LogP contribution in [-0.2, 0) is 4.79 Å². The molecule has 0 aromatic heterocycles. The van der Waals surface area contributed by atoms with E-state index in [2.05, 4.69) is 0 Å². The Morgan fingerprint density at radius 3 is 1.67 bits per heavy atom. The van der Waals surface area contributed by atoms with Crippen molar-refractivity contribution in [2.75, 3.05) is 0 Å². The molecule has 0 aromatic carbocycles. The molecule has 0 bridgehead atoms. The van der Waals surface area contributed by atoms with Gasteiger partial charge in [-0.1, -0.05) is 0 Å². The minimum Gasteiger partial charge on any atom is -0.870 e. The molecular formula is C2H4BiO3. The zero-order valence-electron chi connectivity index (χ0n) is 3.21. The molecule has 0 atom stereocenters. The maximum absolute atomic E-state index is 8.89. The van der Waals surface area contributed by atoms with Crippen LogP contribution in [0.1, 0.15) is 6.92 Å². The van der Waals surface area contributed by atoms with Gasteiger partial charge in [-0.2, -0.15) is 0 Å². The van der Waals surface area contributed by atoms with Crippen LogP contribution in [0.25, 0.3) is 0 Å². The van der Waals surface area contributed by atoms with E-state index >= 15 is 0 Å². The second kappa shape index (κ2) is 9.00. The van der Waals surface area contributed by atoms with Crippen LogP contribution in [0, 0.1) is 0 Å². The minimum absolute atomic E-state index is 0. The topological polar surface area (TPSA) is 70.1 Å². The third kappa shape index (κ3) is 483. The summed E-state index contributed by atoms with van der Waals surface area (Å²) in [6.07, 6.45) is 0. The summed E-state index contributed by atoms with van der Waals surface area (Å²) in [6, 6.07) is 0. The normalized spacial score (nSPS) is 4.17. The van der Waals surface area contributed by atoms with Crippen LogP contribution in [0.15, 0.2) is 0 Å². The zero-order valence-corrected chi connectivity index (χ0v) is 6.69. The van der Waals surface area contributed by atoms with Gasteiger partial charge in [-0.15, -0.1) is 0 Å². The van der Waals surface area contributed by atoms with Crippen LogP contribution in [-0.4, -0.2) is 37.6 Å². The Kier molecular flexibility index (Phi) is 24.4. The van der Waals surface area contributed by atoms with E-state index in [9.17, 15) is 0 Å². The van der Waals surface area contributed by atoms with Crippen molar-refractivity contribution in [3.8, 4) is 0 Å². The summed E-state index contributed by atoms with van der Waals surface area (Å²) in [5.41, 5.74) is 0. The first-order valence-electron chi connectivity index (χ1n) is 0.908. The van der Waals surface area contributed by atoms with Crippen molar-refractivity contribution in [2.45, 2.75) is 6.92 Å². The molecule has 4 heteroatoms. The number of hydrogen-bond donors (Lipinski definition) is 0. The standard InChI is InChI=1S/C2H4O2.Bi.H2O/c1-2(3)4;;/h1H3,(H,3,4);;1H2/q;+2;/p-2. The van der Waals surface area contributed by atoms with Gasteiger partial charge in [0.25, 0.3) is 0 Å². The Morgan fingerprint density at radius 2 is 1.67 bits per heavy atom. The average molecular weight is 285 g/mol. The fraction of sp³-hybridized carbons (Fsp3) is 0.500. The molecule has 0 heterocycles. The molecule has 0 unspecified atom stereocenters. The van der Waals surface area contributed by atoms with Gasteiger partial charge in [0.15, 0.2) is 0 Å². The van der Waals surface area contributed by atoms with E-state index in [-0.39, 0.29) is 31.7 Å². The van der Waals surface area contributed by atoms with E-state index in [1.54, 1.807) is 0 Å². The fourth-order valence-electron chi connectivity index (χ4n) is 0. The predicted molar refractivity (Wildman–Crippen MR) is 18.4 cm³/mol. The quantitative estimate of drug-likeness (QED) is 0.493. The van der Waals surface area contributed by atoms with Crippen molar-refractivity contribution in [3.05, 3.63) is 0 Å². The van der Waals surface area contributed by atoms with E-state index in [1.807, 2.05) is 0 Å². The van der Waals surface area contributed by atoms with Crippen LogP contribution < -0.4 is 5.11 Å². The Balaban J connectivity index is -0.0000000450. The van der Waals surface area contributed by atoms with Gasteiger partial charge in [0.1, 0.15) is 0 Å². The molecule has 0 saturated carbocycles. The summed E-state index contributed by atoms with van der Waals surface area (Å²) in [4.78, 5) is 8.89. The largest absolute Gasteiger partial charge is 2.00 e. The minimum atomic E-state index is -1.08. The number of carbonyl (C=O) groups is 1. The molecule has 0 spiro atoms. The number of carbonyl (C=O) groups excluding carboxylic acids is 1. The van der Waals surface area contributed by atoms with Crippen LogP contribution >= 0.6 is 0 Å². The first kappa shape index (κ1) is 16.2. The van der Waals surface area contributed by atoms with Crippen molar-refractivity contribution < 1.29 is 15.4 Å². The van der Waals surface area contributed by atoms with E-state index < -0.39 is 5.97 Å². The summed E-state index contributed by atoms with van der Waals surface area (Å²) in [7, 11) is 0. The van der Waals surface area contributed by atoms with Crippen molar-refractivity contribution >= 4 is 32.2 Å². The zero-order chi connectivity index (χ0) is 3.58. The molecular weight excluding hydrogens is 281 g/mol. The summed E-state index contributed by atoms with van der Waals surface area (Å²) >= 11 is 0. The monoisotopic (exact) mass is 285 g/mol. The maximum Gasteiger partial charge on any atom is 2.00 e. The Bertz CT molecular complexity index is 31.8. The van der Waals surface area contributed by atoms with Gasteiger partial charge in [0, 0.05) is 5.97 Å². The molecule has 0 fully saturated rings.